The van der Waals surface area contributed by atoms with Crippen LogP contribution < -0.4 is 0 Å². The fourth-order valence-corrected chi connectivity index (χ4v) is 3.30. The summed E-state index contributed by atoms with van der Waals surface area (Å²) >= 11 is 0. The molecule has 0 amide bonds. The first-order chi connectivity index (χ1) is 21.2. The third kappa shape index (κ3) is 15.7. The number of carboxylic acid groups (broad SMARTS) is 1. The van der Waals surface area contributed by atoms with Crippen molar-refractivity contribution in [2.75, 3.05) is 79.3 Å². The van der Waals surface area contributed by atoms with Crippen molar-refractivity contribution in [2.24, 2.45) is 5.41 Å². The van der Waals surface area contributed by atoms with E-state index in [0.29, 0.717) is 0 Å². The third-order valence-corrected chi connectivity index (χ3v) is 5.39. The molecule has 0 fully saturated rings. The van der Waals surface area contributed by atoms with Crippen LogP contribution in [0.1, 0.15) is 20.7 Å². The van der Waals surface area contributed by atoms with Gasteiger partial charge in [-0.15, -0.1) is 0 Å². The summed E-state index contributed by atoms with van der Waals surface area (Å²) in [5.41, 5.74) is -1.27. The minimum atomic E-state index is -1.27. The van der Waals surface area contributed by atoms with Crippen molar-refractivity contribution >= 4 is 29.8 Å². The molecule has 0 radical (unpaired) electrons. The van der Waals surface area contributed by atoms with Crippen LogP contribution in [-0.4, -0.2) is 114 Å². The van der Waals surface area contributed by atoms with Gasteiger partial charge in [0.2, 0.25) is 0 Å². The number of carbonyl (C=O) groups excluding carboxylic acids is 4. The summed E-state index contributed by atoms with van der Waals surface area (Å²) in [5, 5.41) is 9.29. The minimum absolute atomic E-state index is 0.0106. The first-order valence-electron chi connectivity index (χ1n) is 13.4. The number of hydrogen-bond acceptors (Lipinski definition) is 13. The lowest BCUT2D eigenvalue weighted by molar-refractivity contribution is -0.145. The molecule has 1 aromatic rings. The second-order valence-electron chi connectivity index (χ2n) is 8.81. The van der Waals surface area contributed by atoms with E-state index in [0.717, 1.165) is 18.2 Å². The van der Waals surface area contributed by atoms with Gasteiger partial charge in [0.15, 0.2) is 0 Å². The molecule has 0 aliphatic carbocycles. The van der Waals surface area contributed by atoms with Crippen molar-refractivity contribution in [1.29, 1.82) is 0 Å². The maximum Gasteiger partial charge on any atom is 0.339 e. The number of carboxylic acids is 1. The van der Waals surface area contributed by atoms with Gasteiger partial charge in [-0.2, -0.15) is 0 Å². The van der Waals surface area contributed by atoms with Crippen molar-refractivity contribution in [1.82, 2.24) is 0 Å². The van der Waals surface area contributed by atoms with E-state index in [2.05, 4.69) is 19.7 Å². The zero-order valence-electron chi connectivity index (χ0n) is 24.4. The van der Waals surface area contributed by atoms with Crippen LogP contribution in [0.4, 0.5) is 0 Å². The van der Waals surface area contributed by atoms with E-state index in [9.17, 15) is 29.1 Å². The molecule has 0 saturated heterocycles. The summed E-state index contributed by atoms with van der Waals surface area (Å²) < 4.78 is 42.9. The molecule has 44 heavy (non-hydrogen) atoms. The van der Waals surface area contributed by atoms with Crippen LogP contribution in [0.3, 0.4) is 0 Å². The molecule has 0 aliphatic heterocycles. The summed E-state index contributed by atoms with van der Waals surface area (Å²) in [5.74, 6) is -3.93. The van der Waals surface area contributed by atoms with Crippen LogP contribution >= 0.6 is 0 Å². The monoisotopic (exact) mass is 622 g/mol. The molecule has 0 unspecified atom stereocenters. The highest BCUT2D eigenvalue weighted by molar-refractivity contribution is 6.02. The highest BCUT2D eigenvalue weighted by Crippen LogP contribution is 2.21. The fourth-order valence-electron chi connectivity index (χ4n) is 3.30. The molecule has 0 aromatic heterocycles. The average molecular weight is 623 g/mol. The minimum Gasteiger partial charge on any atom is -0.478 e. The van der Waals surface area contributed by atoms with E-state index in [4.69, 9.17) is 37.9 Å². The van der Waals surface area contributed by atoms with E-state index < -0.39 is 35.3 Å². The summed E-state index contributed by atoms with van der Waals surface area (Å²) in [7, 11) is 0. The molecule has 0 aliphatic rings. The predicted octanol–water partition coefficient (Wildman–Crippen LogP) is 1.78. The quantitative estimate of drug-likeness (QED) is 0.0721. The molecular formula is C30H38O14. The topological polar surface area (TPSA) is 179 Å². The van der Waals surface area contributed by atoms with Gasteiger partial charge in [-0.25, -0.2) is 24.0 Å². The second-order valence-corrected chi connectivity index (χ2v) is 8.81. The van der Waals surface area contributed by atoms with Crippen molar-refractivity contribution in [3.63, 3.8) is 0 Å². The Morgan fingerprint density at radius 2 is 0.909 bits per heavy atom. The highest BCUT2D eigenvalue weighted by Gasteiger charge is 2.33. The molecular weight excluding hydrogens is 584 g/mol. The number of ether oxygens (including phenoxy) is 8. The molecule has 0 bridgehead atoms. The summed E-state index contributed by atoms with van der Waals surface area (Å²) in [6.07, 6.45) is 3.06. The van der Waals surface area contributed by atoms with Crippen LogP contribution in [0, 0.1) is 5.41 Å². The summed E-state index contributed by atoms with van der Waals surface area (Å²) in [6, 6.07) is 5.64. The van der Waals surface area contributed by atoms with Crippen molar-refractivity contribution in [3.05, 3.63) is 73.4 Å². The maximum atomic E-state index is 12.4. The SMILES string of the molecule is C=CC(=O)OCCOCC(COCCOC(=O)C=C)(COCCOC(=O)C=C)COCCOC(=O)c1ccccc1C(=O)O. The number of benzene rings is 1. The van der Waals surface area contributed by atoms with Crippen LogP contribution in [0.15, 0.2) is 62.2 Å². The Morgan fingerprint density at radius 1 is 0.568 bits per heavy atom. The van der Waals surface area contributed by atoms with Gasteiger partial charge in [0.05, 0.1) is 69.4 Å². The van der Waals surface area contributed by atoms with Crippen LogP contribution in [0.5, 0.6) is 0 Å². The maximum absolute atomic E-state index is 12.4. The Hall–Kier alpha value is -4.37. The molecule has 14 nitrogen and oxygen atoms in total. The van der Waals surface area contributed by atoms with Crippen molar-refractivity contribution in [3.8, 4) is 0 Å². The van der Waals surface area contributed by atoms with Gasteiger partial charge in [0.1, 0.15) is 26.4 Å². The Balaban J connectivity index is 2.85. The molecule has 0 saturated carbocycles. The van der Waals surface area contributed by atoms with Gasteiger partial charge < -0.3 is 43.0 Å². The van der Waals surface area contributed by atoms with Gasteiger partial charge in [-0.1, -0.05) is 31.9 Å². The lowest BCUT2D eigenvalue weighted by Gasteiger charge is -2.33. The van der Waals surface area contributed by atoms with Gasteiger partial charge in [-0.3, -0.25) is 0 Å². The molecule has 1 aromatic carbocycles. The first kappa shape index (κ1) is 37.7. The van der Waals surface area contributed by atoms with E-state index in [1.54, 1.807) is 0 Å². The van der Waals surface area contributed by atoms with E-state index in [-0.39, 0.29) is 90.4 Å². The van der Waals surface area contributed by atoms with Crippen LogP contribution in [0.2, 0.25) is 0 Å². The number of carbonyl (C=O) groups is 5. The van der Waals surface area contributed by atoms with Gasteiger partial charge in [0.25, 0.3) is 0 Å². The number of hydrogen-bond donors (Lipinski definition) is 1. The number of esters is 4. The first-order valence-corrected chi connectivity index (χ1v) is 13.4. The fraction of sp³-hybridized carbons (Fsp3) is 0.433. The van der Waals surface area contributed by atoms with Gasteiger partial charge >= 0.3 is 29.8 Å². The smallest absolute Gasteiger partial charge is 0.339 e. The zero-order chi connectivity index (χ0) is 32.6. The van der Waals surface area contributed by atoms with Crippen LogP contribution in [0.25, 0.3) is 0 Å². The van der Waals surface area contributed by atoms with E-state index in [1.165, 1.54) is 24.3 Å². The molecule has 14 heteroatoms. The highest BCUT2D eigenvalue weighted by atomic mass is 16.6. The predicted molar refractivity (Wildman–Crippen MR) is 153 cm³/mol. The number of rotatable bonds is 25. The van der Waals surface area contributed by atoms with Crippen molar-refractivity contribution < 1.29 is 67.0 Å². The Labute approximate surface area is 255 Å². The lowest BCUT2D eigenvalue weighted by Crippen LogP contribution is -2.43. The molecule has 0 heterocycles. The molecule has 0 spiro atoms. The van der Waals surface area contributed by atoms with Gasteiger partial charge in [-0.05, 0) is 12.1 Å². The van der Waals surface area contributed by atoms with Gasteiger partial charge in [0, 0.05) is 18.2 Å². The molecule has 1 rings (SSSR count). The number of aromatic carboxylic acids is 1. The lowest BCUT2D eigenvalue weighted by atomic mass is 9.92. The second kappa shape index (κ2) is 22.2. The van der Waals surface area contributed by atoms with Crippen molar-refractivity contribution in [2.45, 2.75) is 0 Å². The Bertz CT molecular complexity index is 1040. The third-order valence-electron chi connectivity index (χ3n) is 5.39. The van der Waals surface area contributed by atoms with E-state index >= 15 is 0 Å². The Kier molecular flexibility index (Phi) is 19.0. The average Bonchev–Trinajstić information content (AvgIpc) is 3.03. The molecule has 242 valence electrons. The van der Waals surface area contributed by atoms with Crippen LogP contribution in [-0.2, 0) is 52.3 Å². The van der Waals surface area contributed by atoms with E-state index in [1.807, 2.05) is 0 Å². The molecule has 0 atom stereocenters. The Morgan fingerprint density at radius 3 is 1.25 bits per heavy atom. The standard InChI is InChI=1S/C30H38O14/c1-4-25(31)41-15-11-37-19-30(20-38-12-16-42-26(32)5-2,21-39-13-17-43-27(33)6-3)22-40-14-18-44-29(36)24-10-8-7-9-23(24)28(34)35/h4-10H,1-3,11-22H2,(H,34,35). The normalized spacial score (nSPS) is 10.7. The largest absolute Gasteiger partial charge is 0.478 e. The zero-order valence-corrected chi connectivity index (χ0v) is 24.4. The summed E-state index contributed by atoms with van der Waals surface area (Å²) in [4.78, 5) is 57.7. The molecule has 1 N–H and O–H groups in total. The summed E-state index contributed by atoms with van der Waals surface area (Å²) in [6.45, 7) is 9.54.